The Kier molecular flexibility index (Phi) is 3.36. The second-order valence-electron chi connectivity index (χ2n) is 2.88. The highest BCUT2D eigenvalue weighted by Crippen LogP contribution is 2.27. The van der Waals surface area contributed by atoms with E-state index in [0.717, 1.165) is 5.56 Å². The molecule has 1 N–H and O–H groups in total. The fourth-order valence-electron chi connectivity index (χ4n) is 1.19. The summed E-state index contributed by atoms with van der Waals surface area (Å²) in [5.41, 5.74) is 1.41. The van der Waals surface area contributed by atoms with E-state index in [1.807, 2.05) is 6.92 Å². The van der Waals surface area contributed by atoms with E-state index in [4.69, 9.17) is 16.3 Å². The highest BCUT2D eigenvalue weighted by Gasteiger charge is 2.11. The SMILES string of the molecule is CNC(=O)c1cc(Cl)c(OC)cc1C. The number of methoxy groups -OCH3 is 1. The van der Waals surface area contributed by atoms with E-state index in [0.29, 0.717) is 16.3 Å². The van der Waals surface area contributed by atoms with Crippen LogP contribution >= 0.6 is 11.6 Å². The minimum absolute atomic E-state index is 0.146. The lowest BCUT2D eigenvalue weighted by Gasteiger charge is -2.08. The molecule has 76 valence electrons. The third-order valence-corrected chi connectivity index (χ3v) is 2.27. The molecule has 1 aromatic rings. The Morgan fingerprint density at radius 1 is 1.50 bits per heavy atom. The van der Waals surface area contributed by atoms with Gasteiger partial charge in [0.2, 0.25) is 0 Å². The molecule has 0 heterocycles. The predicted molar refractivity (Wildman–Crippen MR) is 56.1 cm³/mol. The molecular weight excluding hydrogens is 202 g/mol. The van der Waals surface area contributed by atoms with Gasteiger partial charge in [0.05, 0.1) is 12.1 Å². The van der Waals surface area contributed by atoms with Gasteiger partial charge >= 0.3 is 0 Å². The molecule has 0 saturated heterocycles. The van der Waals surface area contributed by atoms with Crippen LogP contribution in [-0.4, -0.2) is 20.1 Å². The van der Waals surface area contributed by atoms with Crippen LogP contribution in [0.15, 0.2) is 12.1 Å². The number of hydrogen-bond acceptors (Lipinski definition) is 2. The van der Waals surface area contributed by atoms with Gasteiger partial charge in [0.1, 0.15) is 5.75 Å². The zero-order valence-corrected chi connectivity index (χ0v) is 9.11. The molecule has 0 saturated carbocycles. The van der Waals surface area contributed by atoms with Crippen LogP contribution in [0.2, 0.25) is 5.02 Å². The summed E-state index contributed by atoms with van der Waals surface area (Å²) in [5.74, 6) is 0.434. The summed E-state index contributed by atoms with van der Waals surface area (Å²) in [6, 6.07) is 3.35. The molecule has 0 aliphatic carbocycles. The van der Waals surface area contributed by atoms with Gasteiger partial charge in [0, 0.05) is 12.6 Å². The Bertz CT molecular complexity index is 363. The molecule has 1 aromatic carbocycles. The van der Waals surface area contributed by atoms with Crippen molar-refractivity contribution in [3.63, 3.8) is 0 Å². The van der Waals surface area contributed by atoms with E-state index in [2.05, 4.69) is 5.32 Å². The van der Waals surface area contributed by atoms with Crippen LogP contribution in [0.3, 0.4) is 0 Å². The van der Waals surface area contributed by atoms with E-state index in [9.17, 15) is 4.79 Å². The van der Waals surface area contributed by atoms with E-state index < -0.39 is 0 Å². The van der Waals surface area contributed by atoms with Crippen LogP contribution in [0.5, 0.6) is 5.75 Å². The average Bonchev–Trinajstić information content (AvgIpc) is 2.19. The number of halogens is 1. The topological polar surface area (TPSA) is 38.3 Å². The minimum atomic E-state index is -0.146. The molecule has 1 amide bonds. The van der Waals surface area contributed by atoms with Crippen molar-refractivity contribution in [2.24, 2.45) is 0 Å². The average molecular weight is 214 g/mol. The molecule has 0 unspecified atom stereocenters. The monoisotopic (exact) mass is 213 g/mol. The number of rotatable bonds is 2. The number of ether oxygens (including phenoxy) is 1. The summed E-state index contributed by atoms with van der Waals surface area (Å²) >= 11 is 5.90. The van der Waals surface area contributed by atoms with Crippen LogP contribution in [0, 0.1) is 6.92 Å². The molecule has 0 aromatic heterocycles. The Balaban J connectivity index is 3.21. The van der Waals surface area contributed by atoms with Crippen molar-refractivity contribution in [2.45, 2.75) is 6.92 Å². The normalized spacial score (nSPS) is 9.71. The lowest BCUT2D eigenvalue weighted by molar-refractivity contribution is 0.0962. The van der Waals surface area contributed by atoms with Crippen molar-refractivity contribution < 1.29 is 9.53 Å². The molecule has 0 aliphatic rings. The van der Waals surface area contributed by atoms with Crippen molar-refractivity contribution in [2.75, 3.05) is 14.2 Å². The van der Waals surface area contributed by atoms with Crippen LogP contribution in [0.25, 0.3) is 0 Å². The number of amides is 1. The van der Waals surface area contributed by atoms with Crippen molar-refractivity contribution in [3.05, 3.63) is 28.3 Å². The Labute approximate surface area is 88.0 Å². The molecule has 0 bridgehead atoms. The largest absolute Gasteiger partial charge is 0.495 e. The fraction of sp³-hybridized carbons (Fsp3) is 0.300. The maximum absolute atomic E-state index is 11.4. The van der Waals surface area contributed by atoms with Crippen LogP contribution < -0.4 is 10.1 Å². The van der Waals surface area contributed by atoms with Crippen LogP contribution in [0.4, 0.5) is 0 Å². The van der Waals surface area contributed by atoms with Crippen LogP contribution in [-0.2, 0) is 0 Å². The maximum Gasteiger partial charge on any atom is 0.251 e. The van der Waals surface area contributed by atoms with Crippen molar-refractivity contribution in [1.29, 1.82) is 0 Å². The third kappa shape index (κ3) is 1.99. The zero-order chi connectivity index (χ0) is 10.7. The Morgan fingerprint density at radius 3 is 2.64 bits per heavy atom. The molecule has 0 fully saturated rings. The highest BCUT2D eigenvalue weighted by molar-refractivity contribution is 6.32. The molecule has 4 heteroatoms. The van der Waals surface area contributed by atoms with E-state index >= 15 is 0 Å². The van der Waals surface area contributed by atoms with E-state index in [1.165, 1.54) is 0 Å². The second kappa shape index (κ2) is 4.33. The van der Waals surface area contributed by atoms with Gasteiger partial charge in [0.15, 0.2) is 0 Å². The van der Waals surface area contributed by atoms with Gasteiger partial charge < -0.3 is 10.1 Å². The first-order valence-electron chi connectivity index (χ1n) is 4.16. The summed E-state index contributed by atoms with van der Waals surface area (Å²) < 4.78 is 5.03. The van der Waals surface area contributed by atoms with Gasteiger partial charge in [-0.25, -0.2) is 0 Å². The van der Waals surface area contributed by atoms with Crippen molar-refractivity contribution >= 4 is 17.5 Å². The molecule has 0 radical (unpaired) electrons. The van der Waals surface area contributed by atoms with Crippen molar-refractivity contribution in [3.8, 4) is 5.75 Å². The number of aryl methyl sites for hydroxylation is 1. The summed E-state index contributed by atoms with van der Waals surface area (Å²) in [4.78, 5) is 11.4. The number of hydrogen-bond donors (Lipinski definition) is 1. The molecule has 0 aliphatic heterocycles. The molecule has 0 atom stereocenters. The van der Waals surface area contributed by atoms with Gasteiger partial charge in [-0.05, 0) is 24.6 Å². The lowest BCUT2D eigenvalue weighted by Crippen LogP contribution is -2.18. The first-order chi connectivity index (χ1) is 6.60. The van der Waals surface area contributed by atoms with Gasteiger partial charge in [-0.2, -0.15) is 0 Å². The number of carbonyl (C=O) groups excluding carboxylic acids is 1. The van der Waals surface area contributed by atoms with Gasteiger partial charge in [-0.1, -0.05) is 11.6 Å². The van der Waals surface area contributed by atoms with E-state index in [1.54, 1.807) is 26.3 Å². The number of carbonyl (C=O) groups is 1. The third-order valence-electron chi connectivity index (χ3n) is 1.97. The van der Waals surface area contributed by atoms with Gasteiger partial charge in [0.25, 0.3) is 5.91 Å². The van der Waals surface area contributed by atoms with Gasteiger partial charge in [-0.3, -0.25) is 4.79 Å². The van der Waals surface area contributed by atoms with Crippen LogP contribution in [0.1, 0.15) is 15.9 Å². The molecule has 1 rings (SSSR count). The summed E-state index contributed by atoms with van der Waals surface area (Å²) in [7, 11) is 3.13. The quantitative estimate of drug-likeness (QED) is 0.816. The fourth-order valence-corrected chi connectivity index (χ4v) is 1.43. The standard InChI is InChI=1S/C10H12ClNO2/c1-6-4-9(14-3)8(11)5-7(6)10(13)12-2/h4-5H,1-3H3,(H,12,13). The first-order valence-corrected chi connectivity index (χ1v) is 4.54. The summed E-state index contributed by atoms with van der Waals surface area (Å²) in [6.45, 7) is 1.84. The minimum Gasteiger partial charge on any atom is -0.495 e. The zero-order valence-electron chi connectivity index (χ0n) is 8.35. The van der Waals surface area contributed by atoms with E-state index in [-0.39, 0.29) is 5.91 Å². The van der Waals surface area contributed by atoms with Gasteiger partial charge in [-0.15, -0.1) is 0 Å². The smallest absolute Gasteiger partial charge is 0.251 e. The highest BCUT2D eigenvalue weighted by atomic mass is 35.5. The summed E-state index contributed by atoms with van der Waals surface area (Å²) in [5, 5.41) is 2.99. The lowest BCUT2D eigenvalue weighted by atomic mass is 10.1. The number of nitrogens with one attached hydrogen (secondary N) is 1. The maximum atomic E-state index is 11.4. The molecule has 3 nitrogen and oxygen atoms in total. The Morgan fingerprint density at radius 2 is 2.14 bits per heavy atom. The molecule has 14 heavy (non-hydrogen) atoms. The Hall–Kier alpha value is -1.22. The predicted octanol–water partition coefficient (Wildman–Crippen LogP) is 2.02. The molecule has 0 spiro atoms. The number of benzene rings is 1. The van der Waals surface area contributed by atoms with Crippen molar-refractivity contribution in [1.82, 2.24) is 5.32 Å². The summed E-state index contributed by atoms with van der Waals surface area (Å²) in [6.07, 6.45) is 0. The second-order valence-corrected chi connectivity index (χ2v) is 3.29. The molecular formula is C10H12ClNO2. The first kappa shape index (κ1) is 10.9.